The van der Waals surface area contributed by atoms with Gasteiger partial charge in [-0.05, 0) is 98.6 Å². The van der Waals surface area contributed by atoms with E-state index in [1.54, 1.807) is 14.2 Å². The lowest BCUT2D eigenvalue weighted by molar-refractivity contribution is -0.167. The van der Waals surface area contributed by atoms with Crippen LogP contribution in [0.3, 0.4) is 0 Å². The van der Waals surface area contributed by atoms with Gasteiger partial charge in [-0.15, -0.1) is 0 Å². The van der Waals surface area contributed by atoms with Crippen molar-refractivity contribution in [3.63, 3.8) is 0 Å². The van der Waals surface area contributed by atoms with Gasteiger partial charge in [0.15, 0.2) is 0 Å². The van der Waals surface area contributed by atoms with Crippen LogP contribution in [0.5, 0.6) is 11.5 Å². The van der Waals surface area contributed by atoms with Crippen molar-refractivity contribution in [2.75, 3.05) is 14.2 Å². The summed E-state index contributed by atoms with van der Waals surface area (Å²) < 4.78 is 10.7. The Bertz CT molecular complexity index is 823. The van der Waals surface area contributed by atoms with Crippen molar-refractivity contribution in [1.29, 1.82) is 0 Å². The molecule has 2 aromatic carbocycles. The molecule has 0 amide bonds. The Labute approximate surface area is 192 Å². The molecular weight excluding hydrogens is 400 g/mol. The summed E-state index contributed by atoms with van der Waals surface area (Å²) in [6.07, 6.45) is 8.82. The van der Waals surface area contributed by atoms with E-state index >= 15 is 0 Å². The molecule has 0 unspecified atom stereocenters. The van der Waals surface area contributed by atoms with Gasteiger partial charge in [-0.1, -0.05) is 37.1 Å². The van der Waals surface area contributed by atoms with E-state index in [1.807, 2.05) is 24.3 Å². The molecule has 4 atom stereocenters. The lowest BCUT2D eigenvalue weighted by Gasteiger charge is -2.54. The molecule has 0 heterocycles. The minimum absolute atomic E-state index is 0.172. The number of aliphatic hydroxyl groups is 2. The van der Waals surface area contributed by atoms with E-state index < -0.39 is 11.2 Å². The van der Waals surface area contributed by atoms with Crippen LogP contribution >= 0.6 is 0 Å². The van der Waals surface area contributed by atoms with E-state index in [0.717, 1.165) is 75.7 Å². The second-order valence-electron chi connectivity index (χ2n) is 9.91. The third-order valence-corrected chi connectivity index (χ3v) is 8.08. The summed E-state index contributed by atoms with van der Waals surface area (Å²) >= 11 is 0. The van der Waals surface area contributed by atoms with Crippen molar-refractivity contribution >= 4 is 0 Å². The van der Waals surface area contributed by atoms with E-state index in [4.69, 9.17) is 9.47 Å². The van der Waals surface area contributed by atoms with E-state index in [9.17, 15) is 10.2 Å². The topological polar surface area (TPSA) is 58.9 Å². The molecule has 4 nitrogen and oxygen atoms in total. The van der Waals surface area contributed by atoms with Crippen LogP contribution in [0, 0.1) is 11.8 Å². The molecule has 32 heavy (non-hydrogen) atoms. The maximum absolute atomic E-state index is 11.8. The molecule has 0 aromatic heterocycles. The number of rotatable bonds is 8. The molecule has 0 aliphatic heterocycles. The van der Waals surface area contributed by atoms with Crippen molar-refractivity contribution in [2.45, 2.75) is 75.4 Å². The van der Waals surface area contributed by atoms with Gasteiger partial charge in [0, 0.05) is 0 Å². The van der Waals surface area contributed by atoms with E-state index in [1.165, 1.54) is 11.1 Å². The minimum Gasteiger partial charge on any atom is -0.497 e. The largest absolute Gasteiger partial charge is 0.497 e. The molecule has 2 fully saturated rings. The zero-order valence-corrected chi connectivity index (χ0v) is 19.6. The second-order valence-corrected chi connectivity index (χ2v) is 9.91. The molecule has 2 saturated carbocycles. The fourth-order valence-corrected chi connectivity index (χ4v) is 6.31. The second kappa shape index (κ2) is 9.84. The smallest absolute Gasteiger partial charge is 0.119 e. The Kier molecular flexibility index (Phi) is 7.11. The van der Waals surface area contributed by atoms with Gasteiger partial charge in [-0.3, -0.25) is 0 Å². The summed E-state index contributed by atoms with van der Waals surface area (Å²) in [5, 5.41) is 23.6. The summed E-state index contributed by atoms with van der Waals surface area (Å²) in [4.78, 5) is 0. The summed E-state index contributed by atoms with van der Waals surface area (Å²) in [6.45, 7) is 0. The first-order chi connectivity index (χ1) is 15.5. The lowest BCUT2D eigenvalue weighted by atomic mass is 9.56. The third-order valence-electron chi connectivity index (χ3n) is 8.08. The molecule has 2 aromatic rings. The first kappa shape index (κ1) is 23.1. The maximum Gasteiger partial charge on any atom is 0.119 e. The SMILES string of the molecule is COc1cccc(CC[C@@]2(O)CCC[C@H]3[C@H]2CCC[C@@]3(O)CCc2cccc(OC)c2)c1. The molecule has 2 aliphatic carbocycles. The molecular formula is C28H38O4. The van der Waals surface area contributed by atoms with E-state index in [-0.39, 0.29) is 11.8 Å². The summed E-state index contributed by atoms with van der Waals surface area (Å²) in [5.41, 5.74) is 1.00. The number of hydrogen-bond acceptors (Lipinski definition) is 4. The molecule has 0 bridgehead atoms. The van der Waals surface area contributed by atoms with Crippen molar-refractivity contribution in [2.24, 2.45) is 11.8 Å². The van der Waals surface area contributed by atoms with Crippen LogP contribution < -0.4 is 9.47 Å². The molecule has 0 spiro atoms. The van der Waals surface area contributed by atoms with Crippen LogP contribution in [0.15, 0.2) is 48.5 Å². The van der Waals surface area contributed by atoms with Crippen LogP contribution in [0.25, 0.3) is 0 Å². The van der Waals surface area contributed by atoms with Crippen molar-refractivity contribution in [1.82, 2.24) is 0 Å². The fourth-order valence-electron chi connectivity index (χ4n) is 6.31. The third kappa shape index (κ3) is 4.97. The first-order valence-electron chi connectivity index (χ1n) is 12.2. The highest BCUT2D eigenvalue weighted by Crippen LogP contribution is 2.53. The monoisotopic (exact) mass is 438 g/mol. The Hall–Kier alpha value is -2.04. The van der Waals surface area contributed by atoms with Gasteiger partial charge in [0.1, 0.15) is 11.5 Å². The maximum atomic E-state index is 11.8. The highest BCUT2D eigenvalue weighted by molar-refractivity contribution is 5.29. The van der Waals surface area contributed by atoms with Gasteiger partial charge in [0.05, 0.1) is 25.4 Å². The van der Waals surface area contributed by atoms with Gasteiger partial charge in [0.2, 0.25) is 0 Å². The highest BCUT2D eigenvalue weighted by atomic mass is 16.5. The highest BCUT2D eigenvalue weighted by Gasteiger charge is 2.53. The van der Waals surface area contributed by atoms with Crippen molar-refractivity contribution in [3.8, 4) is 11.5 Å². The quantitative estimate of drug-likeness (QED) is 0.585. The standard InChI is InChI=1S/C28H38O4/c1-31-23-9-3-7-21(19-23)13-17-27(29)15-5-12-26-25(27)11-6-16-28(26,30)18-14-22-8-4-10-24(20-22)32-2/h3-4,7-10,19-20,25-26,29-30H,5-6,11-18H2,1-2H3/t25-,26+,27+,28-. The summed E-state index contributed by atoms with van der Waals surface area (Å²) in [7, 11) is 3.37. The number of benzene rings is 2. The van der Waals surface area contributed by atoms with Crippen molar-refractivity contribution < 1.29 is 19.7 Å². The molecule has 174 valence electrons. The zero-order valence-electron chi connectivity index (χ0n) is 19.6. The average molecular weight is 439 g/mol. The van der Waals surface area contributed by atoms with E-state index in [2.05, 4.69) is 24.3 Å². The van der Waals surface area contributed by atoms with Gasteiger partial charge in [-0.25, -0.2) is 0 Å². The van der Waals surface area contributed by atoms with Crippen LogP contribution in [-0.2, 0) is 12.8 Å². The minimum atomic E-state index is -0.698. The molecule has 4 heteroatoms. The predicted molar refractivity (Wildman–Crippen MR) is 127 cm³/mol. The van der Waals surface area contributed by atoms with Crippen LogP contribution in [-0.4, -0.2) is 35.6 Å². The van der Waals surface area contributed by atoms with Crippen LogP contribution in [0.1, 0.15) is 62.5 Å². The molecule has 0 radical (unpaired) electrons. The van der Waals surface area contributed by atoms with Gasteiger partial charge < -0.3 is 19.7 Å². The average Bonchev–Trinajstić information content (AvgIpc) is 2.83. The fraction of sp³-hybridized carbons (Fsp3) is 0.571. The van der Waals surface area contributed by atoms with Crippen LogP contribution in [0.2, 0.25) is 0 Å². The Morgan fingerprint density at radius 2 is 1.19 bits per heavy atom. The summed E-state index contributed by atoms with van der Waals surface area (Å²) in [6, 6.07) is 16.3. The predicted octanol–water partition coefficient (Wildman–Crippen LogP) is 5.33. The molecule has 2 N–H and O–H groups in total. The number of methoxy groups -OCH3 is 2. The molecule has 0 saturated heterocycles. The number of fused-ring (bicyclic) bond motifs is 1. The first-order valence-corrected chi connectivity index (χ1v) is 12.2. The van der Waals surface area contributed by atoms with E-state index in [0.29, 0.717) is 0 Å². The van der Waals surface area contributed by atoms with Gasteiger partial charge in [0.25, 0.3) is 0 Å². The van der Waals surface area contributed by atoms with Crippen molar-refractivity contribution in [3.05, 3.63) is 59.7 Å². The number of ether oxygens (including phenoxy) is 2. The normalized spacial score (nSPS) is 29.9. The Balaban J connectivity index is 1.45. The zero-order chi connectivity index (χ0) is 22.6. The summed E-state index contributed by atoms with van der Waals surface area (Å²) in [5.74, 6) is 2.07. The lowest BCUT2D eigenvalue weighted by Crippen LogP contribution is -2.56. The number of hydrogen-bond donors (Lipinski definition) is 2. The Morgan fingerprint density at radius 1 is 0.750 bits per heavy atom. The van der Waals surface area contributed by atoms with Crippen LogP contribution in [0.4, 0.5) is 0 Å². The van der Waals surface area contributed by atoms with Gasteiger partial charge in [-0.2, -0.15) is 0 Å². The van der Waals surface area contributed by atoms with Gasteiger partial charge >= 0.3 is 0 Å². The Morgan fingerprint density at radius 3 is 1.59 bits per heavy atom. The molecule has 2 aliphatic rings. The molecule has 4 rings (SSSR count). The number of aryl methyl sites for hydroxylation is 2.